The summed E-state index contributed by atoms with van der Waals surface area (Å²) >= 11 is 0. The first-order valence-corrected chi connectivity index (χ1v) is 7.88. The van der Waals surface area contributed by atoms with Crippen molar-refractivity contribution in [2.45, 2.75) is 25.7 Å². The van der Waals surface area contributed by atoms with Crippen molar-refractivity contribution in [1.82, 2.24) is 0 Å². The van der Waals surface area contributed by atoms with Gasteiger partial charge < -0.3 is 14.4 Å². The summed E-state index contributed by atoms with van der Waals surface area (Å²) in [6.45, 7) is 1.69. The third kappa shape index (κ3) is 3.30. The molecule has 22 heavy (non-hydrogen) atoms. The van der Waals surface area contributed by atoms with E-state index in [2.05, 4.69) is 0 Å². The largest absolute Gasteiger partial charge is 0.455 e. The number of para-hydroxylation sites is 1. The van der Waals surface area contributed by atoms with Crippen molar-refractivity contribution in [2.24, 2.45) is 5.92 Å². The topological polar surface area (TPSA) is 55.8 Å². The summed E-state index contributed by atoms with van der Waals surface area (Å²) in [6.07, 6.45) is 3.29. The van der Waals surface area contributed by atoms with Crippen LogP contribution >= 0.6 is 0 Å². The Morgan fingerprint density at radius 2 is 2.00 bits per heavy atom. The van der Waals surface area contributed by atoms with E-state index in [-0.39, 0.29) is 24.4 Å². The van der Waals surface area contributed by atoms with Gasteiger partial charge in [0.25, 0.3) is 5.91 Å². The summed E-state index contributed by atoms with van der Waals surface area (Å²) < 4.78 is 10.5. The van der Waals surface area contributed by atoms with E-state index in [1.54, 1.807) is 4.90 Å². The van der Waals surface area contributed by atoms with Gasteiger partial charge in [-0.1, -0.05) is 18.2 Å². The molecule has 1 aromatic rings. The molecule has 5 nitrogen and oxygen atoms in total. The molecule has 0 aromatic heterocycles. The van der Waals surface area contributed by atoms with Crippen LogP contribution < -0.4 is 4.90 Å². The Bertz CT molecular complexity index is 551. The second-order valence-electron chi connectivity index (χ2n) is 5.77. The number of anilines is 1. The zero-order valence-corrected chi connectivity index (χ0v) is 12.6. The number of amides is 1. The van der Waals surface area contributed by atoms with E-state index in [0.29, 0.717) is 32.6 Å². The smallest absolute Gasteiger partial charge is 0.309 e. The number of rotatable bonds is 3. The predicted molar refractivity (Wildman–Crippen MR) is 81.6 cm³/mol. The van der Waals surface area contributed by atoms with E-state index < -0.39 is 0 Å². The molecule has 2 heterocycles. The lowest BCUT2D eigenvalue weighted by Gasteiger charge is -2.29. The summed E-state index contributed by atoms with van der Waals surface area (Å²) in [6, 6.07) is 7.91. The molecular weight excluding hydrogens is 282 g/mol. The van der Waals surface area contributed by atoms with Crippen LogP contribution in [0.3, 0.4) is 0 Å². The number of benzene rings is 1. The molecule has 0 N–H and O–H groups in total. The maximum absolute atomic E-state index is 12.4. The van der Waals surface area contributed by atoms with Crippen molar-refractivity contribution in [2.75, 3.05) is 31.3 Å². The maximum atomic E-state index is 12.4. The Balaban J connectivity index is 1.57. The van der Waals surface area contributed by atoms with Crippen LogP contribution in [0.5, 0.6) is 0 Å². The monoisotopic (exact) mass is 303 g/mol. The molecule has 5 heteroatoms. The van der Waals surface area contributed by atoms with Gasteiger partial charge in [0, 0.05) is 25.4 Å². The average molecular weight is 303 g/mol. The van der Waals surface area contributed by atoms with Crippen molar-refractivity contribution >= 4 is 17.6 Å². The van der Waals surface area contributed by atoms with E-state index in [4.69, 9.17) is 9.47 Å². The number of hydrogen-bond acceptors (Lipinski definition) is 4. The molecule has 1 saturated heterocycles. The Hall–Kier alpha value is -1.88. The molecule has 2 aliphatic rings. The number of ether oxygens (including phenoxy) is 2. The van der Waals surface area contributed by atoms with Crippen LogP contribution in [0.1, 0.15) is 24.8 Å². The molecule has 0 atom stereocenters. The molecule has 1 aromatic carbocycles. The highest BCUT2D eigenvalue weighted by atomic mass is 16.5. The fourth-order valence-electron chi connectivity index (χ4n) is 3.05. The van der Waals surface area contributed by atoms with E-state index in [1.165, 1.54) is 5.56 Å². The summed E-state index contributed by atoms with van der Waals surface area (Å²) in [5.74, 6) is -0.551. The second kappa shape index (κ2) is 6.92. The number of esters is 1. The van der Waals surface area contributed by atoms with Gasteiger partial charge in [-0.15, -0.1) is 0 Å². The van der Waals surface area contributed by atoms with Crippen LogP contribution in [0.4, 0.5) is 5.69 Å². The quantitative estimate of drug-likeness (QED) is 0.801. The third-order valence-electron chi connectivity index (χ3n) is 4.30. The number of carbonyl (C=O) groups excluding carboxylic acids is 2. The van der Waals surface area contributed by atoms with Gasteiger partial charge in [-0.05, 0) is 37.3 Å². The lowest BCUT2D eigenvalue weighted by molar-refractivity contribution is -0.154. The third-order valence-corrected chi connectivity index (χ3v) is 4.30. The Labute approximate surface area is 130 Å². The van der Waals surface area contributed by atoms with Gasteiger partial charge in [0.05, 0.1) is 5.92 Å². The van der Waals surface area contributed by atoms with E-state index in [1.807, 2.05) is 24.3 Å². The van der Waals surface area contributed by atoms with Gasteiger partial charge in [-0.2, -0.15) is 0 Å². The first-order valence-electron chi connectivity index (χ1n) is 7.88. The number of nitrogens with zero attached hydrogens (tertiary/aromatic N) is 1. The Morgan fingerprint density at radius 1 is 1.23 bits per heavy atom. The van der Waals surface area contributed by atoms with Crippen molar-refractivity contribution in [3.63, 3.8) is 0 Å². The minimum atomic E-state index is -0.276. The van der Waals surface area contributed by atoms with E-state index in [0.717, 1.165) is 18.5 Å². The first kappa shape index (κ1) is 15.0. The molecule has 118 valence electrons. The molecule has 0 aliphatic carbocycles. The summed E-state index contributed by atoms with van der Waals surface area (Å²) in [5.41, 5.74) is 2.12. The van der Waals surface area contributed by atoms with Crippen molar-refractivity contribution in [1.29, 1.82) is 0 Å². The molecule has 3 rings (SSSR count). The van der Waals surface area contributed by atoms with Gasteiger partial charge >= 0.3 is 5.97 Å². The number of carbonyl (C=O) groups is 2. The molecule has 0 saturated carbocycles. The number of fused-ring (bicyclic) bond motifs is 1. The maximum Gasteiger partial charge on any atom is 0.309 e. The van der Waals surface area contributed by atoms with Crippen LogP contribution in [0.15, 0.2) is 24.3 Å². The standard InChI is InChI=1S/C17H21NO4/c19-16(12-22-17(20)14-7-10-21-11-8-14)18-9-3-5-13-4-1-2-6-15(13)18/h1-2,4,6,14H,3,5,7-12H2. The highest BCUT2D eigenvalue weighted by molar-refractivity contribution is 5.96. The van der Waals surface area contributed by atoms with Gasteiger partial charge in [0.15, 0.2) is 6.61 Å². The van der Waals surface area contributed by atoms with Gasteiger partial charge in [0.1, 0.15) is 0 Å². The van der Waals surface area contributed by atoms with Crippen LogP contribution in [-0.2, 0) is 25.5 Å². The minimum Gasteiger partial charge on any atom is -0.455 e. The fraction of sp³-hybridized carbons (Fsp3) is 0.529. The van der Waals surface area contributed by atoms with Crippen LogP contribution in [0.25, 0.3) is 0 Å². The molecule has 2 aliphatic heterocycles. The van der Waals surface area contributed by atoms with Crippen molar-refractivity contribution in [3.8, 4) is 0 Å². The second-order valence-corrected chi connectivity index (χ2v) is 5.77. The van der Waals surface area contributed by atoms with E-state index in [9.17, 15) is 9.59 Å². The van der Waals surface area contributed by atoms with Crippen molar-refractivity contribution in [3.05, 3.63) is 29.8 Å². The average Bonchev–Trinajstić information content (AvgIpc) is 2.59. The summed E-state index contributed by atoms with van der Waals surface area (Å²) in [5, 5.41) is 0. The Morgan fingerprint density at radius 3 is 2.82 bits per heavy atom. The lowest BCUT2D eigenvalue weighted by atomic mass is 10.0. The van der Waals surface area contributed by atoms with E-state index >= 15 is 0 Å². The van der Waals surface area contributed by atoms with Gasteiger partial charge in [-0.25, -0.2) is 0 Å². The zero-order valence-electron chi connectivity index (χ0n) is 12.6. The van der Waals surface area contributed by atoms with Gasteiger partial charge in [0.2, 0.25) is 0 Å². The van der Waals surface area contributed by atoms with Crippen LogP contribution in [0.2, 0.25) is 0 Å². The molecule has 0 bridgehead atoms. The molecule has 0 spiro atoms. The molecule has 0 unspecified atom stereocenters. The van der Waals surface area contributed by atoms with Crippen LogP contribution in [-0.4, -0.2) is 38.2 Å². The Kier molecular flexibility index (Phi) is 4.73. The normalized spacial score (nSPS) is 18.6. The first-order chi connectivity index (χ1) is 10.8. The fourth-order valence-corrected chi connectivity index (χ4v) is 3.05. The van der Waals surface area contributed by atoms with Crippen molar-refractivity contribution < 1.29 is 19.1 Å². The molecule has 0 radical (unpaired) electrons. The minimum absolute atomic E-state index is 0.129. The summed E-state index contributed by atoms with van der Waals surface area (Å²) in [7, 11) is 0. The SMILES string of the molecule is O=C(OCC(=O)N1CCCc2ccccc21)C1CCOCC1. The van der Waals surface area contributed by atoms with Gasteiger partial charge in [-0.3, -0.25) is 9.59 Å². The predicted octanol–water partition coefficient (Wildman–Crippen LogP) is 1.94. The highest BCUT2D eigenvalue weighted by Crippen LogP contribution is 2.26. The molecule has 1 amide bonds. The highest BCUT2D eigenvalue weighted by Gasteiger charge is 2.26. The van der Waals surface area contributed by atoms with Crippen LogP contribution in [0, 0.1) is 5.92 Å². The number of aryl methyl sites for hydroxylation is 1. The summed E-state index contributed by atoms with van der Waals surface area (Å²) in [4.78, 5) is 26.1. The molecular formula is C17H21NO4. The molecule has 1 fully saturated rings. The zero-order chi connectivity index (χ0) is 15.4. The lowest BCUT2D eigenvalue weighted by Crippen LogP contribution is -2.39. The number of hydrogen-bond donors (Lipinski definition) is 0.